The Labute approximate surface area is 158 Å². The van der Waals surface area contributed by atoms with E-state index < -0.39 is 0 Å². The lowest BCUT2D eigenvalue weighted by Gasteiger charge is -2.26. The average Bonchev–Trinajstić information content (AvgIpc) is 3.09. The Kier molecular flexibility index (Phi) is 4.77. The maximum Gasteiger partial charge on any atom is 0.251 e. The van der Waals surface area contributed by atoms with Gasteiger partial charge in [-0.15, -0.1) is 0 Å². The molecule has 0 saturated heterocycles. The molecule has 4 rings (SSSR count). The van der Waals surface area contributed by atoms with Crippen LogP contribution in [0.5, 0.6) is 0 Å². The van der Waals surface area contributed by atoms with E-state index in [1.54, 1.807) is 10.7 Å². The molecule has 0 aliphatic carbocycles. The van der Waals surface area contributed by atoms with Crippen molar-refractivity contribution >= 4 is 17.4 Å². The molecule has 1 aromatic carbocycles. The molecule has 0 unspecified atom stereocenters. The minimum Gasteiger partial charge on any atom is -0.369 e. The van der Waals surface area contributed by atoms with E-state index in [-0.39, 0.29) is 5.91 Å². The highest BCUT2D eigenvalue weighted by Crippen LogP contribution is 2.25. The van der Waals surface area contributed by atoms with Gasteiger partial charge in [-0.1, -0.05) is 12.1 Å². The molecular formula is C20H24N6O. The summed E-state index contributed by atoms with van der Waals surface area (Å²) in [7, 11) is 0. The summed E-state index contributed by atoms with van der Waals surface area (Å²) in [4.78, 5) is 19.7. The number of benzene rings is 1. The van der Waals surface area contributed by atoms with Crippen LogP contribution in [0.3, 0.4) is 0 Å². The first-order valence-corrected chi connectivity index (χ1v) is 9.33. The molecule has 3 aromatic rings. The van der Waals surface area contributed by atoms with E-state index >= 15 is 0 Å². The van der Waals surface area contributed by atoms with Gasteiger partial charge in [-0.3, -0.25) is 9.69 Å². The summed E-state index contributed by atoms with van der Waals surface area (Å²) in [6.07, 6.45) is 3.70. The van der Waals surface area contributed by atoms with E-state index in [0.717, 1.165) is 42.2 Å². The second-order valence-electron chi connectivity index (χ2n) is 7.03. The summed E-state index contributed by atoms with van der Waals surface area (Å²) >= 11 is 0. The Balaban J connectivity index is 1.76. The fourth-order valence-corrected chi connectivity index (χ4v) is 3.37. The molecule has 3 heterocycles. The van der Waals surface area contributed by atoms with Crippen LogP contribution in [-0.2, 0) is 0 Å². The van der Waals surface area contributed by atoms with Gasteiger partial charge in [0, 0.05) is 49.5 Å². The molecule has 0 radical (unpaired) electrons. The van der Waals surface area contributed by atoms with Crippen molar-refractivity contribution in [2.24, 2.45) is 0 Å². The first kappa shape index (κ1) is 17.5. The van der Waals surface area contributed by atoms with Crippen LogP contribution >= 0.6 is 0 Å². The number of hydrogen-bond donors (Lipinski definition) is 2. The van der Waals surface area contributed by atoms with Crippen LogP contribution in [0.1, 0.15) is 24.2 Å². The highest BCUT2D eigenvalue weighted by Gasteiger charge is 2.14. The molecule has 2 N–H and O–H groups in total. The number of carbonyl (C=O) groups is 1. The molecule has 1 aliphatic rings. The number of hydrogen-bond acceptors (Lipinski definition) is 5. The maximum atomic E-state index is 12.6. The Morgan fingerprint density at radius 3 is 2.67 bits per heavy atom. The van der Waals surface area contributed by atoms with Gasteiger partial charge in [0.25, 0.3) is 5.91 Å². The van der Waals surface area contributed by atoms with Crippen LogP contribution in [0, 0.1) is 0 Å². The third kappa shape index (κ3) is 3.64. The molecule has 2 aromatic heterocycles. The van der Waals surface area contributed by atoms with Gasteiger partial charge in [0.1, 0.15) is 5.82 Å². The van der Waals surface area contributed by atoms with Crippen molar-refractivity contribution in [2.75, 3.05) is 31.5 Å². The summed E-state index contributed by atoms with van der Waals surface area (Å²) in [5.74, 6) is 0.770. The lowest BCUT2D eigenvalue weighted by molar-refractivity contribution is 0.0946. The van der Waals surface area contributed by atoms with Gasteiger partial charge in [-0.05, 0) is 37.6 Å². The highest BCUT2D eigenvalue weighted by molar-refractivity contribution is 5.96. The van der Waals surface area contributed by atoms with Gasteiger partial charge < -0.3 is 10.6 Å². The average molecular weight is 364 g/mol. The molecule has 1 aliphatic heterocycles. The standard InChI is InChI=1S/C20H24N6O/c1-14(2)25-10-7-21-18-6-9-26-19(24-18)17(13-23-26)15-4-3-5-16(12-15)20(27)22-8-11-25/h3-6,9,12-14H,7-8,10-11H2,1-2H3,(H,21,24)(H,22,27). The zero-order valence-electron chi connectivity index (χ0n) is 15.6. The molecule has 1 amide bonds. The predicted octanol–water partition coefficient (Wildman–Crippen LogP) is 2.26. The van der Waals surface area contributed by atoms with Gasteiger partial charge in [-0.25, -0.2) is 9.50 Å². The van der Waals surface area contributed by atoms with Crippen molar-refractivity contribution in [1.82, 2.24) is 24.8 Å². The highest BCUT2D eigenvalue weighted by atomic mass is 16.1. The Bertz CT molecular complexity index is 964. The smallest absolute Gasteiger partial charge is 0.251 e. The fraction of sp³-hybridized carbons (Fsp3) is 0.350. The number of anilines is 1. The molecule has 7 heteroatoms. The first-order valence-electron chi connectivity index (χ1n) is 9.33. The largest absolute Gasteiger partial charge is 0.369 e. The third-order valence-electron chi connectivity index (χ3n) is 4.92. The first-order chi connectivity index (χ1) is 13.1. The van der Waals surface area contributed by atoms with Gasteiger partial charge in [0.2, 0.25) is 0 Å². The number of nitrogens with zero attached hydrogens (tertiary/aromatic N) is 4. The number of fused-ring (bicyclic) bond motifs is 4. The number of carbonyl (C=O) groups excluding carboxylic acids is 1. The van der Waals surface area contributed by atoms with E-state index in [1.165, 1.54) is 0 Å². The van der Waals surface area contributed by atoms with Crippen LogP contribution in [0.2, 0.25) is 0 Å². The normalized spacial score (nSPS) is 16.0. The fourth-order valence-electron chi connectivity index (χ4n) is 3.37. The van der Waals surface area contributed by atoms with Crippen LogP contribution < -0.4 is 10.6 Å². The van der Waals surface area contributed by atoms with Crippen molar-refractivity contribution < 1.29 is 4.79 Å². The van der Waals surface area contributed by atoms with E-state index in [1.807, 2.05) is 36.5 Å². The van der Waals surface area contributed by atoms with Crippen LogP contribution in [0.15, 0.2) is 42.7 Å². The number of amides is 1. The lowest BCUT2D eigenvalue weighted by Crippen LogP contribution is -2.41. The Morgan fingerprint density at radius 2 is 1.85 bits per heavy atom. The van der Waals surface area contributed by atoms with Crippen molar-refractivity contribution in [3.63, 3.8) is 0 Å². The molecular weight excluding hydrogens is 340 g/mol. The van der Waals surface area contributed by atoms with Gasteiger partial charge in [0.15, 0.2) is 5.65 Å². The van der Waals surface area contributed by atoms with E-state index in [4.69, 9.17) is 4.98 Å². The second kappa shape index (κ2) is 7.36. The molecule has 0 saturated carbocycles. The Hall–Kier alpha value is -2.93. The summed E-state index contributed by atoms with van der Waals surface area (Å²) < 4.78 is 1.76. The zero-order chi connectivity index (χ0) is 18.8. The number of rotatable bonds is 1. The summed E-state index contributed by atoms with van der Waals surface area (Å²) in [6.45, 7) is 7.42. The molecule has 7 nitrogen and oxygen atoms in total. The second-order valence-corrected chi connectivity index (χ2v) is 7.03. The van der Waals surface area contributed by atoms with Crippen molar-refractivity contribution in [3.05, 3.63) is 48.3 Å². The lowest BCUT2D eigenvalue weighted by atomic mass is 10.1. The SMILES string of the molecule is CC(C)N1CCNC(=O)c2cccc(c2)-c2cnn3ccc(nc23)NCC1. The summed E-state index contributed by atoms with van der Waals surface area (Å²) in [5, 5.41) is 10.8. The third-order valence-corrected chi connectivity index (χ3v) is 4.92. The summed E-state index contributed by atoms with van der Waals surface area (Å²) in [5.41, 5.74) is 3.26. The van der Waals surface area contributed by atoms with Gasteiger partial charge >= 0.3 is 0 Å². The molecule has 0 fully saturated rings. The van der Waals surface area contributed by atoms with E-state index in [2.05, 4.69) is 34.5 Å². The maximum absolute atomic E-state index is 12.6. The van der Waals surface area contributed by atoms with Gasteiger partial charge in [-0.2, -0.15) is 5.10 Å². The number of aromatic nitrogens is 3. The predicted molar refractivity (Wildman–Crippen MR) is 106 cm³/mol. The summed E-state index contributed by atoms with van der Waals surface area (Å²) in [6, 6.07) is 9.95. The van der Waals surface area contributed by atoms with E-state index in [9.17, 15) is 4.79 Å². The minimum absolute atomic E-state index is 0.0568. The zero-order valence-corrected chi connectivity index (χ0v) is 15.6. The van der Waals surface area contributed by atoms with Crippen LogP contribution in [-0.4, -0.2) is 57.6 Å². The molecule has 4 bridgehead atoms. The van der Waals surface area contributed by atoms with Crippen LogP contribution in [0.4, 0.5) is 5.82 Å². The van der Waals surface area contributed by atoms with Gasteiger partial charge in [0.05, 0.1) is 6.20 Å². The molecule has 0 atom stereocenters. The molecule has 27 heavy (non-hydrogen) atoms. The Morgan fingerprint density at radius 1 is 1.07 bits per heavy atom. The van der Waals surface area contributed by atoms with E-state index in [0.29, 0.717) is 18.2 Å². The minimum atomic E-state index is -0.0568. The molecule has 140 valence electrons. The van der Waals surface area contributed by atoms with Crippen molar-refractivity contribution in [3.8, 4) is 11.1 Å². The van der Waals surface area contributed by atoms with Crippen molar-refractivity contribution in [2.45, 2.75) is 19.9 Å². The topological polar surface area (TPSA) is 74.6 Å². The van der Waals surface area contributed by atoms with Crippen LogP contribution in [0.25, 0.3) is 16.8 Å². The molecule has 0 spiro atoms. The monoisotopic (exact) mass is 364 g/mol. The quantitative estimate of drug-likeness (QED) is 0.693. The number of nitrogens with one attached hydrogen (secondary N) is 2. The van der Waals surface area contributed by atoms with Crippen molar-refractivity contribution in [1.29, 1.82) is 0 Å².